The van der Waals surface area contributed by atoms with Crippen LogP contribution in [0.15, 0.2) is 36.4 Å². The zero-order valence-electron chi connectivity index (χ0n) is 18.2. The van der Waals surface area contributed by atoms with Crippen LogP contribution in [0.5, 0.6) is 5.75 Å². The average Bonchev–Trinajstić information content (AvgIpc) is 3.08. The third-order valence-electron chi connectivity index (χ3n) is 5.77. The van der Waals surface area contributed by atoms with E-state index in [1.807, 2.05) is 6.07 Å². The van der Waals surface area contributed by atoms with Crippen LogP contribution in [-0.4, -0.2) is 29.0 Å². The molecule has 3 rings (SSSR count). The number of fused-ring (bicyclic) bond motifs is 1. The number of halogens is 4. The number of nitrogens with one attached hydrogen (secondary N) is 1. The van der Waals surface area contributed by atoms with E-state index in [1.54, 1.807) is 39.0 Å². The van der Waals surface area contributed by atoms with Crippen molar-refractivity contribution in [2.45, 2.75) is 50.8 Å². The van der Waals surface area contributed by atoms with Gasteiger partial charge in [0, 0.05) is 34.6 Å². The number of alkyl halides is 3. The van der Waals surface area contributed by atoms with Crippen LogP contribution in [0.25, 0.3) is 10.9 Å². The maximum absolute atomic E-state index is 14.1. The lowest BCUT2D eigenvalue weighted by atomic mass is 9.73. The number of aromatic nitrogens is 1. The van der Waals surface area contributed by atoms with Gasteiger partial charge in [-0.05, 0) is 48.6 Å². The highest BCUT2D eigenvalue weighted by Gasteiger charge is 2.56. The van der Waals surface area contributed by atoms with Gasteiger partial charge in [-0.15, -0.1) is 0 Å². The number of ether oxygens (including phenoxy) is 1. The fraction of sp³-hybridized carbons (Fsp3) is 0.375. The van der Waals surface area contributed by atoms with Gasteiger partial charge in [0.25, 0.3) is 0 Å². The zero-order valence-corrected chi connectivity index (χ0v) is 18.2. The summed E-state index contributed by atoms with van der Waals surface area (Å²) in [5.41, 5.74) is -2.05. The maximum Gasteiger partial charge on any atom is 0.417 e. The molecule has 0 fully saturated rings. The van der Waals surface area contributed by atoms with Gasteiger partial charge in [0.15, 0.2) is 5.60 Å². The number of aromatic amines is 1. The summed E-state index contributed by atoms with van der Waals surface area (Å²) in [4.78, 5) is 2.91. The molecule has 2 N–H and O–H groups in total. The molecule has 0 saturated heterocycles. The van der Waals surface area contributed by atoms with Crippen LogP contribution in [0.1, 0.15) is 42.7 Å². The molecule has 8 heteroatoms. The number of H-pyrrole nitrogens is 1. The lowest BCUT2D eigenvalue weighted by Crippen LogP contribution is -2.51. The van der Waals surface area contributed by atoms with Crippen LogP contribution < -0.4 is 4.74 Å². The van der Waals surface area contributed by atoms with Crippen molar-refractivity contribution in [1.29, 1.82) is 5.26 Å². The SMILES string of the molecule is COc1cc(F)ccc1C(C)(C)CC(O)(Cc1cc2c(C)cc(C#N)cc2[nH]1)C(F)(F)F. The smallest absolute Gasteiger partial charge is 0.417 e. The topological polar surface area (TPSA) is 69.0 Å². The fourth-order valence-corrected chi connectivity index (χ4v) is 4.26. The van der Waals surface area contributed by atoms with E-state index in [9.17, 15) is 22.7 Å². The van der Waals surface area contributed by atoms with Gasteiger partial charge in [0.2, 0.25) is 0 Å². The van der Waals surface area contributed by atoms with Crippen molar-refractivity contribution < 1.29 is 27.4 Å². The number of aryl methyl sites for hydroxylation is 1. The minimum atomic E-state index is -4.93. The van der Waals surface area contributed by atoms with Crippen molar-refractivity contribution in [3.63, 3.8) is 0 Å². The Morgan fingerprint density at radius 1 is 1.12 bits per heavy atom. The van der Waals surface area contributed by atoms with Crippen molar-refractivity contribution in [2.75, 3.05) is 7.11 Å². The number of hydrogen-bond acceptors (Lipinski definition) is 3. The molecular weight excluding hydrogens is 424 g/mol. The van der Waals surface area contributed by atoms with E-state index >= 15 is 0 Å². The molecule has 0 bridgehead atoms. The number of nitriles is 1. The van der Waals surface area contributed by atoms with Gasteiger partial charge < -0.3 is 14.8 Å². The highest BCUT2D eigenvalue weighted by atomic mass is 19.4. The molecule has 1 unspecified atom stereocenters. The molecule has 1 heterocycles. The summed E-state index contributed by atoms with van der Waals surface area (Å²) in [6, 6.07) is 10.4. The Morgan fingerprint density at radius 2 is 1.81 bits per heavy atom. The molecule has 0 saturated carbocycles. The molecule has 2 aromatic carbocycles. The number of aliphatic hydroxyl groups is 1. The standard InChI is InChI=1S/C24H24F4N2O2/c1-14-7-15(12-29)8-20-18(14)10-17(30-20)11-23(31,24(26,27)28)13-22(2,3)19-6-5-16(25)9-21(19)32-4/h5-10,30-31H,11,13H2,1-4H3. The second-order valence-electron chi connectivity index (χ2n) is 8.77. The normalized spacial score (nSPS) is 14.2. The highest BCUT2D eigenvalue weighted by Crippen LogP contribution is 2.45. The monoisotopic (exact) mass is 448 g/mol. The maximum atomic E-state index is 14.1. The van der Waals surface area contributed by atoms with Gasteiger partial charge in [-0.2, -0.15) is 18.4 Å². The summed E-state index contributed by atoms with van der Waals surface area (Å²) in [6.07, 6.45) is -6.32. The Morgan fingerprint density at radius 3 is 2.41 bits per heavy atom. The number of hydrogen-bond donors (Lipinski definition) is 2. The van der Waals surface area contributed by atoms with E-state index in [-0.39, 0.29) is 11.4 Å². The summed E-state index contributed by atoms with van der Waals surface area (Å²) >= 11 is 0. The Balaban J connectivity index is 2.02. The predicted octanol–water partition coefficient (Wildman–Crippen LogP) is 5.70. The van der Waals surface area contributed by atoms with E-state index in [4.69, 9.17) is 10.00 Å². The van der Waals surface area contributed by atoms with E-state index in [1.165, 1.54) is 13.2 Å². The van der Waals surface area contributed by atoms with Gasteiger partial charge in [-0.1, -0.05) is 19.9 Å². The molecular formula is C24H24F4N2O2. The van der Waals surface area contributed by atoms with Crippen LogP contribution in [0.4, 0.5) is 17.6 Å². The van der Waals surface area contributed by atoms with E-state index in [0.29, 0.717) is 22.0 Å². The Kier molecular flexibility index (Phi) is 6.00. The van der Waals surface area contributed by atoms with Crippen LogP contribution in [-0.2, 0) is 11.8 Å². The van der Waals surface area contributed by atoms with Crippen LogP contribution in [0, 0.1) is 24.1 Å². The summed E-state index contributed by atoms with van der Waals surface area (Å²) in [5.74, 6) is -0.456. The predicted molar refractivity (Wildman–Crippen MR) is 113 cm³/mol. The molecule has 0 aliphatic rings. The Labute approximate surface area is 183 Å². The van der Waals surface area contributed by atoms with E-state index in [2.05, 4.69) is 4.98 Å². The van der Waals surface area contributed by atoms with Crippen LogP contribution in [0.2, 0.25) is 0 Å². The van der Waals surface area contributed by atoms with Crippen molar-refractivity contribution in [2.24, 2.45) is 0 Å². The Hall–Kier alpha value is -3.05. The first-order valence-electron chi connectivity index (χ1n) is 9.95. The third-order valence-corrected chi connectivity index (χ3v) is 5.77. The molecule has 0 aliphatic carbocycles. The van der Waals surface area contributed by atoms with Gasteiger partial charge in [0.05, 0.1) is 18.7 Å². The molecule has 1 atom stereocenters. The fourth-order valence-electron chi connectivity index (χ4n) is 4.26. The summed E-state index contributed by atoms with van der Waals surface area (Å²) in [7, 11) is 1.31. The number of nitrogens with zero attached hydrogens (tertiary/aromatic N) is 1. The number of benzene rings is 2. The largest absolute Gasteiger partial charge is 0.496 e. The van der Waals surface area contributed by atoms with Crippen LogP contribution in [0.3, 0.4) is 0 Å². The molecule has 4 nitrogen and oxygen atoms in total. The molecule has 32 heavy (non-hydrogen) atoms. The molecule has 0 aliphatic heterocycles. The van der Waals surface area contributed by atoms with Gasteiger partial charge in [-0.25, -0.2) is 4.39 Å². The highest BCUT2D eigenvalue weighted by molar-refractivity contribution is 5.85. The van der Waals surface area contributed by atoms with Crippen LogP contribution >= 0.6 is 0 Å². The molecule has 0 amide bonds. The molecule has 1 aromatic heterocycles. The molecule has 0 spiro atoms. The van der Waals surface area contributed by atoms with Gasteiger partial charge in [0.1, 0.15) is 11.6 Å². The van der Waals surface area contributed by atoms with Crippen molar-refractivity contribution >= 4 is 10.9 Å². The summed E-state index contributed by atoms with van der Waals surface area (Å²) < 4.78 is 61.2. The third kappa shape index (κ3) is 4.44. The number of methoxy groups -OCH3 is 1. The summed E-state index contributed by atoms with van der Waals surface area (Å²) in [5, 5.41) is 20.7. The summed E-state index contributed by atoms with van der Waals surface area (Å²) in [6.45, 7) is 4.86. The van der Waals surface area contributed by atoms with Gasteiger partial charge >= 0.3 is 6.18 Å². The quantitative estimate of drug-likeness (QED) is 0.476. The first kappa shape index (κ1) is 23.6. The van der Waals surface area contributed by atoms with E-state index in [0.717, 1.165) is 17.7 Å². The lowest BCUT2D eigenvalue weighted by molar-refractivity contribution is -0.266. The average molecular weight is 448 g/mol. The first-order valence-corrected chi connectivity index (χ1v) is 9.95. The minimum absolute atomic E-state index is 0.116. The van der Waals surface area contributed by atoms with E-state index < -0.39 is 35.9 Å². The second-order valence-corrected chi connectivity index (χ2v) is 8.77. The van der Waals surface area contributed by atoms with Gasteiger partial charge in [-0.3, -0.25) is 0 Å². The van der Waals surface area contributed by atoms with Crippen molar-refractivity contribution in [1.82, 2.24) is 4.98 Å². The molecule has 0 radical (unpaired) electrons. The second kappa shape index (κ2) is 8.14. The van der Waals surface area contributed by atoms with Crippen molar-refractivity contribution in [3.05, 3.63) is 64.6 Å². The molecule has 3 aromatic rings. The lowest BCUT2D eigenvalue weighted by Gasteiger charge is -2.38. The zero-order chi connectivity index (χ0) is 23.9. The molecule has 170 valence electrons. The van der Waals surface area contributed by atoms with Crippen molar-refractivity contribution in [3.8, 4) is 11.8 Å². The first-order chi connectivity index (χ1) is 14.8. The minimum Gasteiger partial charge on any atom is -0.496 e. The number of rotatable bonds is 6. The Bertz CT molecular complexity index is 1190.